The third-order valence-electron chi connectivity index (χ3n) is 5.62. The minimum absolute atomic E-state index is 0.240. The monoisotopic (exact) mass is 403 g/mol. The van der Waals surface area contributed by atoms with Crippen molar-refractivity contribution in [1.29, 1.82) is 0 Å². The summed E-state index contributed by atoms with van der Waals surface area (Å²) >= 11 is 0. The van der Waals surface area contributed by atoms with Crippen molar-refractivity contribution in [1.82, 2.24) is 4.90 Å². The second-order valence-corrected chi connectivity index (χ2v) is 7.55. The van der Waals surface area contributed by atoms with E-state index in [2.05, 4.69) is 42.5 Å². The van der Waals surface area contributed by atoms with Crippen LogP contribution in [0, 0.1) is 11.6 Å². The molecule has 0 unspecified atom stereocenters. The summed E-state index contributed by atoms with van der Waals surface area (Å²) in [6.45, 7) is 0.405. The fourth-order valence-corrected chi connectivity index (χ4v) is 4.02. The molecule has 0 aromatic heterocycles. The summed E-state index contributed by atoms with van der Waals surface area (Å²) in [4.78, 5) is 14.0. The Morgan fingerprint density at radius 3 is 2.13 bits per heavy atom. The first kappa shape index (κ1) is 20.0. The molecule has 30 heavy (non-hydrogen) atoms. The number of halogens is 2. The molecule has 3 aromatic rings. The maximum absolute atomic E-state index is 14.0. The zero-order valence-electron chi connectivity index (χ0n) is 16.9. The van der Waals surface area contributed by atoms with Gasteiger partial charge in [-0.05, 0) is 59.2 Å². The SMILES string of the molecule is CN(CCC=C1c2ccccc2CCc2ccccc21)C(=O)c1cccc(F)c1F. The van der Waals surface area contributed by atoms with Crippen LogP contribution in [0.15, 0.2) is 72.8 Å². The van der Waals surface area contributed by atoms with E-state index in [1.165, 1.54) is 39.3 Å². The Kier molecular flexibility index (Phi) is 5.75. The Morgan fingerprint density at radius 1 is 0.900 bits per heavy atom. The highest BCUT2D eigenvalue weighted by Crippen LogP contribution is 2.33. The molecule has 0 fully saturated rings. The molecule has 0 spiro atoms. The van der Waals surface area contributed by atoms with Gasteiger partial charge in [0, 0.05) is 13.6 Å². The van der Waals surface area contributed by atoms with Crippen molar-refractivity contribution in [3.8, 4) is 0 Å². The van der Waals surface area contributed by atoms with Crippen LogP contribution >= 0.6 is 0 Å². The van der Waals surface area contributed by atoms with Gasteiger partial charge in [0.15, 0.2) is 11.6 Å². The molecular weight excluding hydrogens is 380 g/mol. The van der Waals surface area contributed by atoms with Gasteiger partial charge in [-0.1, -0.05) is 60.7 Å². The summed E-state index contributed by atoms with van der Waals surface area (Å²) in [5.41, 5.74) is 5.98. The van der Waals surface area contributed by atoms with Gasteiger partial charge in [-0.15, -0.1) is 0 Å². The molecule has 0 aliphatic heterocycles. The van der Waals surface area contributed by atoms with Crippen LogP contribution in [0.25, 0.3) is 5.57 Å². The lowest BCUT2D eigenvalue weighted by atomic mass is 9.93. The Balaban J connectivity index is 1.58. The predicted molar refractivity (Wildman–Crippen MR) is 115 cm³/mol. The fourth-order valence-electron chi connectivity index (χ4n) is 4.02. The third kappa shape index (κ3) is 3.90. The number of amides is 1. The summed E-state index contributed by atoms with van der Waals surface area (Å²) in [7, 11) is 1.61. The molecule has 3 aromatic carbocycles. The van der Waals surface area contributed by atoms with Crippen molar-refractivity contribution in [2.24, 2.45) is 0 Å². The number of carbonyl (C=O) groups is 1. The Morgan fingerprint density at radius 2 is 1.50 bits per heavy atom. The molecule has 0 N–H and O–H groups in total. The molecule has 1 aliphatic carbocycles. The summed E-state index contributed by atoms with van der Waals surface area (Å²) < 4.78 is 27.4. The van der Waals surface area contributed by atoms with E-state index in [9.17, 15) is 13.6 Å². The molecule has 1 aliphatic rings. The van der Waals surface area contributed by atoms with Gasteiger partial charge in [-0.2, -0.15) is 0 Å². The van der Waals surface area contributed by atoms with Crippen molar-refractivity contribution in [3.05, 3.63) is 112 Å². The molecule has 0 heterocycles. The van der Waals surface area contributed by atoms with Crippen LogP contribution in [-0.2, 0) is 12.8 Å². The number of carbonyl (C=O) groups excluding carboxylic acids is 1. The van der Waals surface area contributed by atoms with Crippen LogP contribution < -0.4 is 0 Å². The Labute approximate surface area is 175 Å². The highest BCUT2D eigenvalue weighted by Gasteiger charge is 2.19. The zero-order valence-corrected chi connectivity index (χ0v) is 16.9. The molecule has 1 amide bonds. The zero-order chi connectivity index (χ0) is 21.1. The molecule has 0 radical (unpaired) electrons. The third-order valence-corrected chi connectivity index (χ3v) is 5.62. The van der Waals surface area contributed by atoms with E-state index in [1.807, 2.05) is 12.1 Å². The molecule has 4 rings (SSSR count). The van der Waals surface area contributed by atoms with Gasteiger partial charge >= 0.3 is 0 Å². The van der Waals surface area contributed by atoms with E-state index in [-0.39, 0.29) is 5.56 Å². The van der Waals surface area contributed by atoms with Gasteiger partial charge in [0.2, 0.25) is 0 Å². The van der Waals surface area contributed by atoms with Crippen molar-refractivity contribution in [2.75, 3.05) is 13.6 Å². The van der Waals surface area contributed by atoms with Crippen molar-refractivity contribution in [2.45, 2.75) is 19.3 Å². The van der Waals surface area contributed by atoms with Crippen molar-refractivity contribution in [3.63, 3.8) is 0 Å². The van der Waals surface area contributed by atoms with Crippen LogP contribution in [0.1, 0.15) is 39.0 Å². The highest BCUT2D eigenvalue weighted by atomic mass is 19.2. The molecular formula is C26H23F2NO. The number of aryl methyl sites for hydroxylation is 2. The van der Waals surface area contributed by atoms with E-state index in [0.717, 1.165) is 24.5 Å². The maximum Gasteiger partial charge on any atom is 0.256 e. The van der Waals surface area contributed by atoms with E-state index in [0.29, 0.717) is 13.0 Å². The van der Waals surface area contributed by atoms with Gasteiger partial charge < -0.3 is 4.90 Å². The minimum atomic E-state index is -1.10. The van der Waals surface area contributed by atoms with Gasteiger partial charge in [0.25, 0.3) is 5.91 Å². The number of nitrogens with zero attached hydrogens (tertiary/aromatic N) is 1. The van der Waals surface area contributed by atoms with Gasteiger partial charge in [0.05, 0.1) is 5.56 Å². The lowest BCUT2D eigenvalue weighted by Gasteiger charge is -2.18. The highest BCUT2D eigenvalue weighted by molar-refractivity contribution is 5.94. The topological polar surface area (TPSA) is 20.3 Å². The molecule has 152 valence electrons. The van der Waals surface area contributed by atoms with E-state index < -0.39 is 17.5 Å². The smallest absolute Gasteiger partial charge is 0.256 e. The molecule has 4 heteroatoms. The number of fused-ring (bicyclic) bond motifs is 2. The average Bonchev–Trinajstić information content (AvgIpc) is 2.92. The fraction of sp³-hybridized carbons (Fsp3) is 0.192. The van der Waals surface area contributed by atoms with E-state index in [1.54, 1.807) is 7.05 Å². The average molecular weight is 403 g/mol. The predicted octanol–water partition coefficient (Wildman–Crippen LogP) is 5.66. The van der Waals surface area contributed by atoms with Crippen molar-refractivity contribution < 1.29 is 13.6 Å². The van der Waals surface area contributed by atoms with Crippen LogP contribution in [0.3, 0.4) is 0 Å². The quantitative estimate of drug-likeness (QED) is 0.551. The largest absolute Gasteiger partial charge is 0.341 e. The van der Waals surface area contributed by atoms with Gasteiger partial charge in [0.1, 0.15) is 0 Å². The molecule has 0 saturated carbocycles. The second-order valence-electron chi connectivity index (χ2n) is 7.55. The number of hydrogen-bond acceptors (Lipinski definition) is 1. The first-order valence-corrected chi connectivity index (χ1v) is 10.1. The first-order valence-electron chi connectivity index (χ1n) is 10.1. The maximum atomic E-state index is 14.0. The van der Waals surface area contributed by atoms with Crippen LogP contribution in [0.2, 0.25) is 0 Å². The number of rotatable bonds is 4. The number of benzene rings is 3. The van der Waals surface area contributed by atoms with Crippen LogP contribution in [0.4, 0.5) is 8.78 Å². The molecule has 2 nitrogen and oxygen atoms in total. The summed E-state index contributed by atoms with van der Waals surface area (Å²) in [6, 6.07) is 20.5. The van der Waals surface area contributed by atoms with E-state index in [4.69, 9.17) is 0 Å². The molecule has 0 atom stereocenters. The molecule has 0 bridgehead atoms. The Bertz CT molecular complexity index is 1070. The Hall–Kier alpha value is -3.27. The minimum Gasteiger partial charge on any atom is -0.341 e. The van der Waals surface area contributed by atoms with Crippen LogP contribution in [0.5, 0.6) is 0 Å². The van der Waals surface area contributed by atoms with E-state index >= 15 is 0 Å². The molecule has 0 saturated heterocycles. The lowest BCUT2D eigenvalue weighted by Crippen LogP contribution is -2.28. The number of hydrogen-bond donors (Lipinski definition) is 0. The van der Waals surface area contributed by atoms with Gasteiger partial charge in [-0.25, -0.2) is 8.78 Å². The summed E-state index contributed by atoms with van der Waals surface area (Å²) in [5.74, 6) is -2.63. The summed E-state index contributed by atoms with van der Waals surface area (Å²) in [5, 5.41) is 0. The first-order chi connectivity index (χ1) is 14.6. The van der Waals surface area contributed by atoms with Crippen molar-refractivity contribution >= 4 is 11.5 Å². The summed E-state index contributed by atoms with van der Waals surface area (Å²) in [6.07, 6.45) is 4.73. The normalized spacial score (nSPS) is 12.6. The second kappa shape index (κ2) is 8.62. The lowest BCUT2D eigenvalue weighted by molar-refractivity contribution is 0.0791. The van der Waals surface area contributed by atoms with Gasteiger partial charge in [-0.3, -0.25) is 4.79 Å². The van der Waals surface area contributed by atoms with Crippen LogP contribution in [-0.4, -0.2) is 24.4 Å². The standard InChI is InChI=1S/C26H23F2NO/c1-29(26(30)23-12-6-14-24(27)25(23)28)17-7-13-22-20-10-4-2-8-18(20)15-16-19-9-3-5-11-21(19)22/h2-6,8-14H,7,15-17H2,1H3.